The maximum absolute atomic E-state index is 11.9. The molecule has 0 radical (unpaired) electrons. The Labute approximate surface area is 79.6 Å². The summed E-state index contributed by atoms with van der Waals surface area (Å²) in [5.74, 6) is 0.389. The maximum Gasteiger partial charge on any atom is 0.142 e. The Morgan fingerprint density at radius 1 is 1.46 bits per heavy atom. The van der Waals surface area contributed by atoms with Gasteiger partial charge in [0, 0.05) is 31.1 Å². The van der Waals surface area contributed by atoms with Gasteiger partial charge < -0.3 is 10.5 Å². The first kappa shape index (κ1) is 10.7. The monoisotopic (exact) mass is 185 g/mol. The van der Waals surface area contributed by atoms with Gasteiger partial charge in [-0.3, -0.25) is 4.79 Å². The zero-order valence-electron chi connectivity index (χ0n) is 8.51. The molecule has 1 aliphatic rings. The number of carbonyl (C=O) groups is 1. The number of hydrogen-bond acceptors (Lipinski definition) is 3. The Hall–Kier alpha value is -0.410. The van der Waals surface area contributed by atoms with Crippen molar-refractivity contribution in [1.29, 1.82) is 0 Å². The molecular weight excluding hydrogens is 166 g/mol. The van der Waals surface area contributed by atoms with Crippen LogP contribution in [0.2, 0.25) is 0 Å². The summed E-state index contributed by atoms with van der Waals surface area (Å²) in [6.07, 6.45) is 1.58. The molecule has 0 spiro atoms. The molecule has 1 saturated heterocycles. The number of carbonyl (C=O) groups excluding carboxylic acids is 1. The highest BCUT2D eigenvalue weighted by Gasteiger charge is 2.39. The van der Waals surface area contributed by atoms with E-state index in [1.807, 2.05) is 13.8 Å². The molecule has 0 unspecified atom stereocenters. The second-order valence-electron chi connectivity index (χ2n) is 4.12. The van der Waals surface area contributed by atoms with Crippen LogP contribution in [0.5, 0.6) is 0 Å². The highest BCUT2D eigenvalue weighted by Crippen LogP contribution is 2.32. The van der Waals surface area contributed by atoms with Crippen LogP contribution in [0.4, 0.5) is 0 Å². The summed E-state index contributed by atoms with van der Waals surface area (Å²) in [5, 5.41) is 0. The lowest BCUT2D eigenvalue weighted by molar-refractivity contribution is -0.136. The van der Waals surface area contributed by atoms with E-state index in [2.05, 4.69) is 0 Å². The Morgan fingerprint density at radius 2 is 2.00 bits per heavy atom. The number of ether oxygens (including phenoxy) is 1. The third kappa shape index (κ3) is 2.09. The van der Waals surface area contributed by atoms with E-state index in [9.17, 15) is 4.79 Å². The Kier molecular flexibility index (Phi) is 3.45. The highest BCUT2D eigenvalue weighted by molar-refractivity contribution is 5.86. The topological polar surface area (TPSA) is 52.3 Å². The van der Waals surface area contributed by atoms with Crippen LogP contribution in [0.1, 0.15) is 26.7 Å². The summed E-state index contributed by atoms with van der Waals surface area (Å²) in [4.78, 5) is 11.9. The van der Waals surface area contributed by atoms with Gasteiger partial charge in [-0.15, -0.1) is 0 Å². The highest BCUT2D eigenvalue weighted by atomic mass is 16.5. The molecule has 2 N–H and O–H groups in total. The summed E-state index contributed by atoms with van der Waals surface area (Å²) in [5.41, 5.74) is 5.42. The zero-order chi connectivity index (χ0) is 9.90. The molecule has 76 valence electrons. The van der Waals surface area contributed by atoms with Crippen LogP contribution >= 0.6 is 0 Å². The lowest BCUT2D eigenvalue weighted by atomic mass is 9.73. The quantitative estimate of drug-likeness (QED) is 0.712. The van der Waals surface area contributed by atoms with Gasteiger partial charge in [-0.25, -0.2) is 0 Å². The molecule has 0 saturated carbocycles. The lowest BCUT2D eigenvalue weighted by Crippen LogP contribution is -2.45. The van der Waals surface area contributed by atoms with Crippen molar-refractivity contribution in [2.75, 3.05) is 19.8 Å². The molecule has 0 aromatic heterocycles. The normalized spacial score (nSPS) is 21.8. The standard InChI is InChI=1S/C10H19NO2/c1-8(2)9(12)10(7-11)3-5-13-6-4-10/h8H,3-7,11H2,1-2H3. The first-order valence-electron chi connectivity index (χ1n) is 4.94. The number of rotatable bonds is 3. The Balaban J connectivity index is 2.72. The number of ketones is 1. The van der Waals surface area contributed by atoms with E-state index in [0.29, 0.717) is 25.5 Å². The minimum absolute atomic E-state index is 0.0849. The molecule has 0 aliphatic carbocycles. The molecule has 3 heteroatoms. The van der Waals surface area contributed by atoms with E-state index in [1.165, 1.54) is 0 Å². The van der Waals surface area contributed by atoms with Crippen LogP contribution in [0, 0.1) is 11.3 Å². The molecule has 1 rings (SSSR count). The molecule has 0 amide bonds. The molecule has 0 atom stereocenters. The molecular formula is C10H19NO2. The van der Waals surface area contributed by atoms with Gasteiger partial charge in [0.25, 0.3) is 0 Å². The van der Waals surface area contributed by atoms with Crippen molar-refractivity contribution in [3.63, 3.8) is 0 Å². The van der Waals surface area contributed by atoms with Crippen molar-refractivity contribution in [3.8, 4) is 0 Å². The number of hydrogen-bond donors (Lipinski definition) is 1. The number of nitrogens with two attached hydrogens (primary N) is 1. The summed E-state index contributed by atoms with van der Waals surface area (Å²) in [7, 11) is 0. The van der Waals surface area contributed by atoms with Gasteiger partial charge in [0.05, 0.1) is 0 Å². The predicted octanol–water partition coefficient (Wildman–Crippen LogP) is 0.967. The van der Waals surface area contributed by atoms with E-state index in [4.69, 9.17) is 10.5 Å². The predicted molar refractivity (Wildman–Crippen MR) is 51.4 cm³/mol. The minimum Gasteiger partial charge on any atom is -0.381 e. The van der Waals surface area contributed by atoms with Gasteiger partial charge in [0.15, 0.2) is 0 Å². The second-order valence-corrected chi connectivity index (χ2v) is 4.12. The van der Waals surface area contributed by atoms with Gasteiger partial charge in [-0.05, 0) is 12.8 Å². The van der Waals surface area contributed by atoms with Crippen LogP contribution in [0.25, 0.3) is 0 Å². The van der Waals surface area contributed by atoms with Crippen LogP contribution in [-0.2, 0) is 9.53 Å². The van der Waals surface area contributed by atoms with Crippen LogP contribution in [-0.4, -0.2) is 25.5 Å². The summed E-state index contributed by atoms with van der Waals surface area (Å²) in [6.45, 7) is 5.70. The fourth-order valence-electron chi connectivity index (χ4n) is 1.93. The maximum atomic E-state index is 11.9. The van der Waals surface area contributed by atoms with E-state index < -0.39 is 0 Å². The molecule has 1 heterocycles. The summed E-state index contributed by atoms with van der Waals surface area (Å²) < 4.78 is 5.25. The van der Waals surface area contributed by atoms with Crippen molar-refractivity contribution in [1.82, 2.24) is 0 Å². The zero-order valence-corrected chi connectivity index (χ0v) is 8.51. The van der Waals surface area contributed by atoms with Crippen LogP contribution in [0.3, 0.4) is 0 Å². The van der Waals surface area contributed by atoms with Crippen LogP contribution in [0.15, 0.2) is 0 Å². The average Bonchev–Trinajstić information content (AvgIpc) is 2.17. The van der Waals surface area contributed by atoms with E-state index in [1.54, 1.807) is 0 Å². The Bertz CT molecular complexity index is 183. The number of Topliss-reactive ketones (excluding diaryl/α,β-unsaturated/α-hetero) is 1. The first-order valence-corrected chi connectivity index (χ1v) is 4.94. The molecule has 3 nitrogen and oxygen atoms in total. The SMILES string of the molecule is CC(C)C(=O)C1(CN)CCOCC1. The van der Waals surface area contributed by atoms with E-state index >= 15 is 0 Å². The molecule has 0 aromatic rings. The van der Waals surface area contributed by atoms with Crippen molar-refractivity contribution in [2.24, 2.45) is 17.1 Å². The second kappa shape index (κ2) is 4.20. The van der Waals surface area contributed by atoms with Gasteiger partial charge >= 0.3 is 0 Å². The summed E-state index contributed by atoms with van der Waals surface area (Å²) in [6, 6.07) is 0. The molecule has 1 aliphatic heterocycles. The van der Waals surface area contributed by atoms with Crippen molar-refractivity contribution >= 4 is 5.78 Å². The first-order chi connectivity index (χ1) is 6.12. The van der Waals surface area contributed by atoms with E-state index in [0.717, 1.165) is 12.8 Å². The smallest absolute Gasteiger partial charge is 0.142 e. The molecule has 0 bridgehead atoms. The summed E-state index contributed by atoms with van der Waals surface area (Å²) >= 11 is 0. The van der Waals surface area contributed by atoms with Gasteiger partial charge in [0.1, 0.15) is 5.78 Å². The average molecular weight is 185 g/mol. The largest absolute Gasteiger partial charge is 0.381 e. The Morgan fingerprint density at radius 3 is 2.38 bits per heavy atom. The van der Waals surface area contributed by atoms with Gasteiger partial charge in [-0.2, -0.15) is 0 Å². The van der Waals surface area contributed by atoms with Crippen molar-refractivity contribution in [3.05, 3.63) is 0 Å². The van der Waals surface area contributed by atoms with E-state index in [-0.39, 0.29) is 11.3 Å². The molecule has 0 aromatic carbocycles. The van der Waals surface area contributed by atoms with Gasteiger partial charge in [-0.1, -0.05) is 13.8 Å². The third-order valence-electron chi connectivity index (χ3n) is 2.89. The molecule has 1 fully saturated rings. The van der Waals surface area contributed by atoms with Crippen molar-refractivity contribution in [2.45, 2.75) is 26.7 Å². The van der Waals surface area contributed by atoms with Crippen molar-refractivity contribution < 1.29 is 9.53 Å². The minimum atomic E-state index is -0.285. The third-order valence-corrected chi connectivity index (χ3v) is 2.89. The fourth-order valence-corrected chi connectivity index (χ4v) is 1.93. The van der Waals surface area contributed by atoms with Crippen LogP contribution < -0.4 is 5.73 Å². The molecule has 13 heavy (non-hydrogen) atoms. The fraction of sp³-hybridized carbons (Fsp3) is 0.900. The lowest BCUT2D eigenvalue weighted by Gasteiger charge is -2.35. The van der Waals surface area contributed by atoms with Gasteiger partial charge in [0.2, 0.25) is 0 Å².